The van der Waals surface area contributed by atoms with Gasteiger partial charge in [-0.3, -0.25) is 9.78 Å². The molecule has 2 aliphatic rings. The zero-order valence-corrected chi connectivity index (χ0v) is 15.7. The number of likely N-dealkylation sites (tertiary alicyclic amines) is 1. The Hall–Kier alpha value is -2.31. The van der Waals surface area contributed by atoms with Gasteiger partial charge >= 0.3 is 0 Å². The highest BCUT2D eigenvalue weighted by Crippen LogP contribution is 2.46. The Morgan fingerprint density at radius 2 is 2.11 bits per heavy atom. The molecule has 1 spiro atoms. The average Bonchev–Trinajstić information content (AvgIpc) is 3.30. The molecule has 5 rings (SSSR count). The number of carbonyl (C=O) groups is 1. The molecule has 0 saturated carbocycles. The molecule has 0 bridgehead atoms. The topological polar surface area (TPSA) is 58.2 Å². The van der Waals surface area contributed by atoms with Gasteiger partial charge in [0.15, 0.2) is 0 Å². The fourth-order valence-corrected chi connectivity index (χ4v) is 5.52. The van der Waals surface area contributed by atoms with Crippen molar-refractivity contribution in [3.63, 3.8) is 0 Å². The van der Waals surface area contributed by atoms with Gasteiger partial charge in [-0.1, -0.05) is 24.3 Å². The highest BCUT2D eigenvalue weighted by Gasteiger charge is 2.51. The first kappa shape index (κ1) is 16.8. The Morgan fingerprint density at radius 1 is 1.26 bits per heavy atom. The number of para-hydroxylation sites is 1. The van der Waals surface area contributed by atoms with Crippen LogP contribution < -0.4 is 0 Å². The van der Waals surface area contributed by atoms with Gasteiger partial charge in [0.2, 0.25) is 0 Å². The molecule has 1 aromatic carbocycles. The first-order valence-corrected chi connectivity index (χ1v) is 10.2. The third-order valence-corrected chi connectivity index (χ3v) is 6.95. The fraction of sp³-hybridized carbons (Fsp3) is 0.333. The lowest BCUT2D eigenvalue weighted by Gasteiger charge is -2.47. The number of carbonyl (C=O) groups excluding carboxylic acids is 1. The minimum atomic E-state index is 0.0929. The second-order valence-electron chi connectivity index (χ2n) is 7.38. The van der Waals surface area contributed by atoms with E-state index in [1.807, 2.05) is 65.2 Å². The van der Waals surface area contributed by atoms with E-state index in [1.54, 1.807) is 6.20 Å². The molecule has 0 aliphatic carbocycles. The molecular weight excluding hydrogens is 358 g/mol. The summed E-state index contributed by atoms with van der Waals surface area (Å²) in [6, 6.07) is 15.8. The second kappa shape index (κ2) is 6.69. The minimum Gasteiger partial charge on any atom is -0.371 e. The summed E-state index contributed by atoms with van der Waals surface area (Å²) in [6.07, 6.45) is 3.03. The molecule has 1 unspecified atom stereocenters. The molecule has 6 heteroatoms. The highest BCUT2D eigenvalue weighted by molar-refractivity contribution is 8.01. The molecule has 1 amide bonds. The van der Waals surface area contributed by atoms with Crippen molar-refractivity contribution in [2.75, 3.05) is 18.8 Å². The third kappa shape index (κ3) is 3.24. The lowest BCUT2D eigenvalue weighted by molar-refractivity contribution is 0.0243. The normalized spacial score (nSPS) is 20.9. The molecule has 1 atom stereocenters. The van der Waals surface area contributed by atoms with Crippen molar-refractivity contribution in [1.82, 2.24) is 14.9 Å². The summed E-state index contributed by atoms with van der Waals surface area (Å²) < 4.78 is 6.21. The molecule has 138 valence electrons. The van der Waals surface area contributed by atoms with Crippen LogP contribution in [0.25, 0.3) is 10.9 Å². The zero-order valence-electron chi connectivity index (χ0n) is 14.9. The van der Waals surface area contributed by atoms with Crippen molar-refractivity contribution >= 4 is 28.6 Å². The smallest absolute Gasteiger partial charge is 0.270 e. The van der Waals surface area contributed by atoms with Crippen LogP contribution in [0.5, 0.6) is 0 Å². The van der Waals surface area contributed by atoms with Crippen molar-refractivity contribution < 1.29 is 9.53 Å². The molecule has 2 aromatic heterocycles. The first-order chi connectivity index (χ1) is 13.2. The lowest BCUT2D eigenvalue weighted by Crippen LogP contribution is -2.60. The number of H-pyrrole nitrogens is 1. The van der Waals surface area contributed by atoms with Crippen molar-refractivity contribution in [3.05, 3.63) is 66.1 Å². The summed E-state index contributed by atoms with van der Waals surface area (Å²) in [6.45, 7) is 2.16. The van der Waals surface area contributed by atoms with Crippen LogP contribution in [0.3, 0.4) is 0 Å². The summed E-state index contributed by atoms with van der Waals surface area (Å²) in [5.41, 5.74) is 2.65. The SMILES string of the molecule is O=C(c1cc2ccccc2[nH]1)N1CC2(CC(OCc3ccccn3)CS2)C1. The summed E-state index contributed by atoms with van der Waals surface area (Å²) in [5.74, 6) is 1.08. The van der Waals surface area contributed by atoms with Crippen LogP contribution in [0, 0.1) is 0 Å². The van der Waals surface area contributed by atoms with Gasteiger partial charge in [-0.2, -0.15) is 0 Å². The second-order valence-corrected chi connectivity index (χ2v) is 8.87. The molecule has 5 nitrogen and oxygen atoms in total. The van der Waals surface area contributed by atoms with Crippen LogP contribution >= 0.6 is 11.8 Å². The maximum atomic E-state index is 12.8. The number of fused-ring (bicyclic) bond motifs is 1. The Morgan fingerprint density at radius 3 is 2.93 bits per heavy atom. The summed E-state index contributed by atoms with van der Waals surface area (Å²) in [5, 5.41) is 1.08. The van der Waals surface area contributed by atoms with Crippen molar-refractivity contribution in [3.8, 4) is 0 Å². The number of nitrogens with zero attached hydrogens (tertiary/aromatic N) is 2. The number of hydrogen-bond donors (Lipinski definition) is 1. The zero-order chi connectivity index (χ0) is 18.3. The van der Waals surface area contributed by atoms with Gasteiger partial charge in [0.05, 0.1) is 23.2 Å². The molecule has 1 N–H and O–H groups in total. The Balaban J connectivity index is 1.17. The summed E-state index contributed by atoms with van der Waals surface area (Å²) in [7, 11) is 0. The molecular formula is C21H21N3O2S. The van der Waals surface area contributed by atoms with E-state index in [9.17, 15) is 4.79 Å². The maximum Gasteiger partial charge on any atom is 0.270 e. The van der Waals surface area contributed by atoms with E-state index in [2.05, 4.69) is 9.97 Å². The standard InChI is InChI=1S/C21H21N3O2S/c25-20(19-9-15-5-1-2-7-18(15)23-19)24-13-21(14-24)10-17(12-27-21)26-11-16-6-3-4-8-22-16/h1-9,17,23H,10-14H2. The van der Waals surface area contributed by atoms with Gasteiger partial charge in [0, 0.05) is 35.9 Å². The number of rotatable bonds is 4. The van der Waals surface area contributed by atoms with Crippen molar-refractivity contribution in [1.29, 1.82) is 0 Å². The number of aromatic nitrogens is 2. The fourth-order valence-electron chi connectivity index (χ4n) is 3.97. The van der Waals surface area contributed by atoms with Gasteiger partial charge < -0.3 is 14.6 Å². The van der Waals surface area contributed by atoms with Crippen molar-refractivity contribution in [2.24, 2.45) is 0 Å². The van der Waals surface area contributed by atoms with Crippen LogP contribution in [-0.4, -0.2) is 50.5 Å². The Kier molecular flexibility index (Phi) is 4.17. The van der Waals surface area contributed by atoms with Gasteiger partial charge in [0.25, 0.3) is 5.91 Å². The summed E-state index contributed by atoms with van der Waals surface area (Å²) in [4.78, 5) is 22.3. The summed E-state index contributed by atoms with van der Waals surface area (Å²) >= 11 is 1.95. The molecule has 3 aromatic rings. The number of benzene rings is 1. The highest BCUT2D eigenvalue weighted by atomic mass is 32.2. The number of nitrogens with one attached hydrogen (secondary N) is 1. The van der Waals surface area contributed by atoms with Crippen LogP contribution in [0.1, 0.15) is 22.6 Å². The van der Waals surface area contributed by atoms with E-state index in [4.69, 9.17) is 4.74 Å². The van der Waals surface area contributed by atoms with Gasteiger partial charge in [0.1, 0.15) is 5.69 Å². The van der Waals surface area contributed by atoms with E-state index in [0.717, 1.165) is 41.9 Å². The lowest BCUT2D eigenvalue weighted by atomic mass is 9.92. The van der Waals surface area contributed by atoms with Crippen LogP contribution in [0.2, 0.25) is 0 Å². The van der Waals surface area contributed by atoms with Gasteiger partial charge in [-0.05, 0) is 30.7 Å². The average molecular weight is 379 g/mol. The number of hydrogen-bond acceptors (Lipinski definition) is 4. The maximum absolute atomic E-state index is 12.8. The quantitative estimate of drug-likeness (QED) is 0.754. The molecule has 0 radical (unpaired) electrons. The first-order valence-electron chi connectivity index (χ1n) is 9.23. The van der Waals surface area contributed by atoms with E-state index in [0.29, 0.717) is 12.3 Å². The number of pyridine rings is 1. The van der Waals surface area contributed by atoms with Crippen LogP contribution in [0.15, 0.2) is 54.7 Å². The third-order valence-electron chi connectivity index (χ3n) is 5.37. The van der Waals surface area contributed by atoms with Gasteiger partial charge in [-0.15, -0.1) is 11.8 Å². The van der Waals surface area contributed by atoms with Crippen LogP contribution in [-0.2, 0) is 11.3 Å². The van der Waals surface area contributed by atoms with E-state index in [-0.39, 0.29) is 16.8 Å². The number of aromatic amines is 1. The predicted octanol–water partition coefficient (Wildman–Crippen LogP) is 3.48. The minimum absolute atomic E-state index is 0.0929. The Labute approximate surface area is 162 Å². The molecule has 2 saturated heterocycles. The molecule has 27 heavy (non-hydrogen) atoms. The predicted molar refractivity (Wildman–Crippen MR) is 107 cm³/mol. The van der Waals surface area contributed by atoms with Gasteiger partial charge in [-0.25, -0.2) is 0 Å². The van der Waals surface area contributed by atoms with Crippen LogP contribution in [0.4, 0.5) is 0 Å². The number of amides is 1. The van der Waals surface area contributed by atoms with E-state index >= 15 is 0 Å². The largest absolute Gasteiger partial charge is 0.371 e. The number of thioether (sulfide) groups is 1. The van der Waals surface area contributed by atoms with E-state index in [1.165, 1.54) is 0 Å². The van der Waals surface area contributed by atoms with E-state index < -0.39 is 0 Å². The monoisotopic (exact) mass is 379 g/mol. The molecule has 2 aliphatic heterocycles. The Bertz CT molecular complexity index is 933. The van der Waals surface area contributed by atoms with Crippen molar-refractivity contribution in [2.45, 2.75) is 23.9 Å². The number of ether oxygens (including phenoxy) is 1. The molecule has 2 fully saturated rings. The molecule has 4 heterocycles.